The highest BCUT2D eigenvalue weighted by Gasteiger charge is 2.06. The zero-order chi connectivity index (χ0) is 12.0. The number of ether oxygens (including phenoxy) is 1. The molecule has 1 heterocycles. The fourth-order valence-electron chi connectivity index (χ4n) is 1.18. The van der Waals surface area contributed by atoms with E-state index in [0.29, 0.717) is 26.2 Å². The number of hydrogen-bond acceptors (Lipinski definition) is 4. The molecule has 0 aromatic carbocycles. The van der Waals surface area contributed by atoms with Crippen molar-refractivity contribution in [3.63, 3.8) is 0 Å². The maximum Gasteiger partial charge on any atom is 0.356 e. The molecule has 1 rings (SSSR count). The van der Waals surface area contributed by atoms with Crippen LogP contribution in [0.1, 0.15) is 23.8 Å². The number of aromatic nitrogens is 2. The summed E-state index contributed by atoms with van der Waals surface area (Å²) in [5.41, 5.74) is -0.433. The number of carbonyl (C=O) groups is 1. The Morgan fingerprint density at radius 1 is 1.56 bits per heavy atom. The van der Waals surface area contributed by atoms with Crippen LogP contribution in [0.15, 0.2) is 16.9 Å². The Bertz CT molecular complexity index is 414. The van der Waals surface area contributed by atoms with Crippen molar-refractivity contribution < 1.29 is 14.6 Å². The van der Waals surface area contributed by atoms with Crippen LogP contribution in [-0.2, 0) is 11.3 Å². The lowest BCUT2D eigenvalue weighted by Gasteiger charge is -2.04. The highest BCUT2D eigenvalue weighted by atomic mass is 16.5. The average Bonchev–Trinajstić information content (AvgIpc) is 2.26. The molecule has 0 fully saturated rings. The molecule has 0 atom stereocenters. The van der Waals surface area contributed by atoms with Crippen LogP contribution < -0.4 is 5.56 Å². The minimum atomic E-state index is -1.14. The van der Waals surface area contributed by atoms with Crippen LogP contribution in [0.25, 0.3) is 0 Å². The van der Waals surface area contributed by atoms with Gasteiger partial charge in [-0.3, -0.25) is 4.79 Å². The van der Waals surface area contributed by atoms with Crippen molar-refractivity contribution in [2.24, 2.45) is 0 Å². The normalized spacial score (nSPS) is 10.3. The first-order valence-electron chi connectivity index (χ1n) is 5.04. The summed E-state index contributed by atoms with van der Waals surface area (Å²) in [4.78, 5) is 22.0. The maximum atomic E-state index is 11.3. The van der Waals surface area contributed by atoms with Crippen molar-refractivity contribution in [2.45, 2.75) is 19.9 Å². The van der Waals surface area contributed by atoms with Crippen molar-refractivity contribution in [3.05, 3.63) is 28.2 Å². The second kappa shape index (κ2) is 6.02. The number of aryl methyl sites for hydroxylation is 1. The van der Waals surface area contributed by atoms with Crippen LogP contribution >= 0.6 is 0 Å². The monoisotopic (exact) mass is 226 g/mol. The van der Waals surface area contributed by atoms with Crippen LogP contribution in [0, 0.1) is 0 Å². The van der Waals surface area contributed by atoms with Crippen LogP contribution in [-0.4, -0.2) is 34.1 Å². The summed E-state index contributed by atoms with van der Waals surface area (Å²) in [5.74, 6) is -1.14. The quantitative estimate of drug-likeness (QED) is 0.708. The van der Waals surface area contributed by atoms with Gasteiger partial charge in [-0.25, -0.2) is 9.48 Å². The molecule has 88 valence electrons. The molecular weight excluding hydrogens is 212 g/mol. The number of rotatable bonds is 6. The van der Waals surface area contributed by atoms with Crippen molar-refractivity contribution >= 4 is 5.97 Å². The van der Waals surface area contributed by atoms with E-state index in [9.17, 15) is 9.59 Å². The first-order valence-corrected chi connectivity index (χ1v) is 5.04. The van der Waals surface area contributed by atoms with E-state index in [0.717, 1.165) is 4.68 Å². The molecule has 0 aliphatic heterocycles. The molecule has 0 saturated heterocycles. The van der Waals surface area contributed by atoms with Crippen LogP contribution in [0.4, 0.5) is 0 Å². The zero-order valence-corrected chi connectivity index (χ0v) is 9.05. The molecule has 0 spiro atoms. The van der Waals surface area contributed by atoms with Gasteiger partial charge >= 0.3 is 5.97 Å². The molecule has 0 radical (unpaired) electrons. The van der Waals surface area contributed by atoms with Crippen molar-refractivity contribution in [3.8, 4) is 0 Å². The number of aromatic carboxylic acids is 1. The second-order valence-corrected chi connectivity index (χ2v) is 3.14. The topological polar surface area (TPSA) is 81.4 Å². The average molecular weight is 226 g/mol. The van der Waals surface area contributed by atoms with Crippen molar-refractivity contribution in [1.29, 1.82) is 0 Å². The van der Waals surface area contributed by atoms with E-state index in [1.807, 2.05) is 6.92 Å². The Kier molecular flexibility index (Phi) is 4.65. The molecule has 16 heavy (non-hydrogen) atoms. The largest absolute Gasteiger partial charge is 0.476 e. The molecule has 0 unspecified atom stereocenters. The minimum Gasteiger partial charge on any atom is -0.476 e. The molecule has 1 N–H and O–H groups in total. The summed E-state index contributed by atoms with van der Waals surface area (Å²) in [6, 6.07) is 2.40. The third-order valence-corrected chi connectivity index (χ3v) is 1.95. The highest BCUT2D eigenvalue weighted by Crippen LogP contribution is 1.92. The molecule has 0 saturated carbocycles. The van der Waals surface area contributed by atoms with Crippen molar-refractivity contribution in [2.75, 3.05) is 13.2 Å². The van der Waals surface area contributed by atoms with Gasteiger partial charge in [-0.15, -0.1) is 0 Å². The van der Waals surface area contributed by atoms with E-state index in [1.165, 1.54) is 12.1 Å². The van der Waals surface area contributed by atoms with Gasteiger partial charge in [0.15, 0.2) is 5.69 Å². The molecule has 0 bridgehead atoms. The first-order chi connectivity index (χ1) is 7.65. The third-order valence-electron chi connectivity index (χ3n) is 1.95. The predicted molar refractivity (Wildman–Crippen MR) is 56.6 cm³/mol. The lowest BCUT2D eigenvalue weighted by Crippen LogP contribution is -2.25. The summed E-state index contributed by atoms with van der Waals surface area (Å²) in [6.45, 7) is 3.40. The van der Waals surface area contributed by atoms with Gasteiger partial charge in [0, 0.05) is 25.8 Å². The summed E-state index contributed by atoms with van der Waals surface area (Å²) in [7, 11) is 0. The summed E-state index contributed by atoms with van der Waals surface area (Å²) >= 11 is 0. The van der Waals surface area contributed by atoms with Crippen LogP contribution in [0.3, 0.4) is 0 Å². The van der Waals surface area contributed by atoms with E-state index >= 15 is 0 Å². The van der Waals surface area contributed by atoms with Crippen molar-refractivity contribution in [1.82, 2.24) is 9.78 Å². The highest BCUT2D eigenvalue weighted by molar-refractivity contribution is 5.84. The second-order valence-electron chi connectivity index (χ2n) is 3.14. The molecule has 1 aromatic rings. The Morgan fingerprint density at radius 2 is 2.31 bits per heavy atom. The standard InChI is InChI=1S/C10H14N2O4/c1-2-16-7-3-6-12-9(13)5-4-8(11-12)10(14)15/h4-5H,2-3,6-7H2,1H3,(H,14,15). The molecule has 0 aliphatic rings. The van der Waals surface area contributed by atoms with Gasteiger partial charge in [0.05, 0.1) is 0 Å². The van der Waals surface area contributed by atoms with E-state index in [-0.39, 0.29) is 11.3 Å². The summed E-state index contributed by atoms with van der Waals surface area (Å²) in [5, 5.41) is 12.4. The molecule has 6 heteroatoms. The van der Waals surface area contributed by atoms with E-state index in [2.05, 4.69) is 5.10 Å². The SMILES string of the molecule is CCOCCCn1nc(C(=O)O)ccc1=O. The maximum absolute atomic E-state index is 11.3. The van der Waals surface area contributed by atoms with Gasteiger partial charge in [-0.2, -0.15) is 5.10 Å². The fraction of sp³-hybridized carbons (Fsp3) is 0.500. The summed E-state index contributed by atoms with van der Waals surface area (Å²) < 4.78 is 6.25. The van der Waals surface area contributed by atoms with E-state index in [4.69, 9.17) is 9.84 Å². The van der Waals surface area contributed by atoms with Gasteiger partial charge < -0.3 is 9.84 Å². The Labute approximate surface area is 92.5 Å². The van der Waals surface area contributed by atoms with E-state index < -0.39 is 5.97 Å². The lowest BCUT2D eigenvalue weighted by atomic mass is 10.4. The number of hydrogen-bond donors (Lipinski definition) is 1. The van der Waals surface area contributed by atoms with Gasteiger partial charge in [0.2, 0.25) is 0 Å². The number of carboxylic acid groups (broad SMARTS) is 1. The first kappa shape index (κ1) is 12.4. The number of carboxylic acids is 1. The molecule has 1 aromatic heterocycles. The zero-order valence-electron chi connectivity index (χ0n) is 9.05. The Hall–Kier alpha value is -1.69. The van der Waals surface area contributed by atoms with Crippen LogP contribution in [0.5, 0.6) is 0 Å². The van der Waals surface area contributed by atoms with Gasteiger partial charge in [0.25, 0.3) is 5.56 Å². The number of nitrogens with zero attached hydrogens (tertiary/aromatic N) is 2. The molecule has 0 aliphatic carbocycles. The lowest BCUT2D eigenvalue weighted by molar-refractivity contribution is 0.0687. The van der Waals surface area contributed by atoms with Gasteiger partial charge in [-0.05, 0) is 19.4 Å². The fourth-order valence-corrected chi connectivity index (χ4v) is 1.18. The van der Waals surface area contributed by atoms with Gasteiger partial charge in [-0.1, -0.05) is 0 Å². The van der Waals surface area contributed by atoms with Crippen LogP contribution in [0.2, 0.25) is 0 Å². The third kappa shape index (κ3) is 3.47. The Morgan fingerprint density at radius 3 is 2.94 bits per heavy atom. The smallest absolute Gasteiger partial charge is 0.356 e. The minimum absolute atomic E-state index is 0.129. The summed E-state index contributed by atoms with van der Waals surface area (Å²) in [6.07, 6.45) is 0.629. The molecule has 0 amide bonds. The molecular formula is C10H14N2O4. The molecule has 6 nitrogen and oxygen atoms in total. The Balaban J connectivity index is 2.67. The van der Waals surface area contributed by atoms with Gasteiger partial charge in [0.1, 0.15) is 0 Å². The van der Waals surface area contributed by atoms with E-state index in [1.54, 1.807) is 0 Å². The predicted octanol–water partition coefficient (Wildman–Crippen LogP) is 0.368.